The Kier molecular flexibility index (Phi) is 4.67. The zero-order valence-electron chi connectivity index (χ0n) is 10.1. The molecular weight excluding hydrogens is 266 g/mol. The number of carbonyl (C=O) groups excluding carboxylic acids is 1. The van der Waals surface area contributed by atoms with Crippen LogP contribution in [0.2, 0.25) is 0 Å². The van der Waals surface area contributed by atoms with Crippen LogP contribution in [0.5, 0.6) is 5.75 Å². The lowest BCUT2D eigenvalue weighted by atomic mass is 10.1. The quantitative estimate of drug-likeness (QED) is 0.461. The molecule has 0 unspecified atom stereocenters. The molecule has 0 amide bonds. The first-order valence-corrected chi connectivity index (χ1v) is 4.97. The molecule has 0 aliphatic rings. The summed E-state index contributed by atoms with van der Waals surface area (Å²) in [5.74, 6) is -1.93. The topological polar surface area (TPSA) is 91.6 Å². The standard InChI is InChI=1S/C10H10F2N2O5/c1-18-7(15)4-5-3-6(9(11)12)13-10(14(16)17)8(5)19-2/h3,9H,4H2,1-2H3. The van der Waals surface area contributed by atoms with Gasteiger partial charge in [0, 0.05) is 5.56 Å². The zero-order chi connectivity index (χ0) is 14.6. The van der Waals surface area contributed by atoms with Crippen molar-refractivity contribution in [2.75, 3.05) is 14.2 Å². The summed E-state index contributed by atoms with van der Waals surface area (Å²) in [7, 11) is 2.23. The highest BCUT2D eigenvalue weighted by atomic mass is 19.3. The second-order valence-electron chi connectivity index (χ2n) is 3.37. The zero-order valence-corrected chi connectivity index (χ0v) is 10.1. The van der Waals surface area contributed by atoms with Crippen molar-refractivity contribution < 1.29 is 28.0 Å². The number of hydrogen-bond acceptors (Lipinski definition) is 6. The fourth-order valence-corrected chi connectivity index (χ4v) is 1.41. The first-order valence-electron chi connectivity index (χ1n) is 4.97. The van der Waals surface area contributed by atoms with E-state index in [1.807, 2.05) is 0 Å². The van der Waals surface area contributed by atoms with Gasteiger partial charge in [0.05, 0.1) is 20.6 Å². The van der Waals surface area contributed by atoms with E-state index in [9.17, 15) is 23.7 Å². The van der Waals surface area contributed by atoms with Crippen molar-refractivity contribution in [3.63, 3.8) is 0 Å². The number of carbonyl (C=O) groups is 1. The molecule has 0 aliphatic heterocycles. The Bertz CT molecular complexity index is 507. The number of nitro groups is 1. The van der Waals surface area contributed by atoms with E-state index in [4.69, 9.17) is 4.74 Å². The van der Waals surface area contributed by atoms with Gasteiger partial charge in [-0.1, -0.05) is 0 Å². The van der Waals surface area contributed by atoms with E-state index in [0.717, 1.165) is 20.3 Å². The van der Waals surface area contributed by atoms with Crippen molar-refractivity contribution in [2.45, 2.75) is 12.8 Å². The van der Waals surface area contributed by atoms with Crippen LogP contribution in [0.4, 0.5) is 14.6 Å². The summed E-state index contributed by atoms with van der Waals surface area (Å²) >= 11 is 0. The van der Waals surface area contributed by atoms with Crippen molar-refractivity contribution in [3.05, 3.63) is 27.4 Å². The Hall–Kier alpha value is -2.32. The molecule has 0 aromatic carbocycles. The lowest BCUT2D eigenvalue weighted by Gasteiger charge is -2.08. The Morgan fingerprint density at radius 3 is 2.58 bits per heavy atom. The number of aromatic nitrogens is 1. The van der Waals surface area contributed by atoms with E-state index in [-0.39, 0.29) is 11.3 Å². The molecule has 9 heteroatoms. The van der Waals surface area contributed by atoms with Crippen molar-refractivity contribution in [1.82, 2.24) is 4.98 Å². The third kappa shape index (κ3) is 3.33. The number of alkyl halides is 2. The molecule has 19 heavy (non-hydrogen) atoms. The van der Waals surface area contributed by atoms with Gasteiger partial charge in [0.1, 0.15) is 0 Å². The van der Waals surface area contributed by atoms with Gasteiger partial charge in [-0.25, -0.2) is 8.78 Å². The molecular formula is C10H10F2N2O5. The smallest absolute Gasteiger partial charge is 0.406 e. The van der Waals surface area contributed by atoms with E-state index in [2.05, 4.69) is 9.72 Å². The lowest BCUT2D eigenvalue weighted by molar-refractivity contribution is -0.390. The molecule has 0 atom stereocenters. The Labute approximate surface area is 106 Å². The number of ether oxygens (including phenoxy) is 2. The molecule has 0 saturated heterocycles. The van der Waals surface area contributed by atoms with Gasteiger partial charge in [-0.2, -0.15) is 0 Å². The van der Waals surface area contributed by atoms with E-state index < -0.39 is 35.3 Å². The van der Waals surface area contributed by atoms with Gasteiger partial charge in [0.25, 0.3) is 0 Å². The SMILES string of the molecule is COC(=O)Cc1cc(C(F)F)nc([N+](=O)[O-])c1OC. The van der Waals surface area contributed by atoms with Crippen molar-refractivity contribution in [2.24, 2.45) is 0 Å². The Morgan fingerprint density at radius 1 is 1.53 bits per heavy atom. The third-order valence-corrected chi connectivity index (χ3v) is 2.21. The molecule has 0 saturated carbocycles. The van der Waals surface area contributed by atoms with Crippen LogP contribution in [0.15, 0.2) is 6.07 Å². The second kappa shape index (κ2) is 6.03. The predicted molar refractivity (Wildman–Crippen MR) is 58.1 cm³/mol. The summed E-state index contributed by atoms with van der Waals surface area (Å²) in [4.78, 5) is 24.2. The predicted octanol–water partition coefficient (Wildman–Crippen LogP) is 1.65. The molecule has 0 radical (unpaired) electrons. The fourth-order valence-electron chi connectivity index (χ4n) is 1.41. The van der Waals surface area contributed by atoms with Crippen LogP contribution < -0.4 is 4.74 Å². The van der Waals surface area contributed by atoms with Crippen LogP contribution in [-0.2, 0) is 16.0 Å². The van der Waals surface area contributed by atoms with Crippen LogP contribution in [0, 0.1) is 10.1 Å². The molecule has 0 bridgehead atoms. The van der Waals surface area contributed by atoms with Gasteiger partial charge < -0.3 is 19.6 Å². The maximum Gasteiger partial charge on any atom is 0.406 e. The van der Waals surface area contributed by atoms with E-state index >= 15 is 0 Å². The molecule has 1 heterocycles. The van der Waals surface area contributed by atoms with Crippen molar-refractivity contribution in [1.29, 1.82) is 0 Å². The minimum Gasteiger partial charge on any atom is -0.489 e. The number of methoxy groups -OCH3 is 2. The molecule has 0 spiro atoms. The molecule has 7 nitrogen and oxygen atoms in total. The Balaban J connectivity index is 3.40. The van der Waals surface area contributed by atoms with E-state index in [1.54, 1.807) is 0 Å². The number of esters is 1. The van der Waals surface area contributed by atoms with Crippen LogP contribution in [-0.4, -0.2) is 30.1 Å². The van der Waals surface area contributed by atoms with E-state index in [1.165, 1.54) is 0 Å². The second-order valence-corrected chi connectivity index (χ2v) is 3.37. The maximum absolute atomic E-state index is 12.6. The maximum atomic E-state index is 12.6. The minimum atomic E-state index is -3.00. The summed E-state index contributed by atoms with van der Waals surface area (Å²) in [6, 6.07) is 0.882. The van der Waals surface area contributed by atoms with Crippen molar-refractivity contribution >= 4 is 11.8 Å². The van der Waals surface area contributed by atoms with Gasteiger partial charge in [-0.3, -0.25) is 4.79 Å². The van der Waals surface area contributed by atoms with Gasteiger partial charge in [0.2, 0.25) is 11.4 Å². The average Bonchev–Trinajstić information content (AvgIpc) is 2.37. The molecule has 1 aromatic rings. The van der Waals surface area contributed by atoms with Gasteiger partial charge >= 0.3 is 18.2 Å². The van der Waals surface area contributed by atoms with Crippen LogP contribution in [0.1, 0.15) is 17.7 Å². The summed E-state index contributed by atoms with van der Waals surface area (Å²) in [6.45, 7) is 0. The van der Waals surface area contributed by atoms with Gasteiger partial charge in [-0.05, 0) is 16.0 Å². The third-order valence-electron chi connectivity index (χ3n) is 2.21. The van der Waals surface area contributed by atoms with Crippen molar-refractivity contribution in [3.8, 4) is 5.75 Å². The number of hydrogen-bond donors (Lipinski definition) is 0. The first kappa shape index (κ1) is 14.7. The molecule has 1 aromatic heterocycles. The summed E-state index contributed by atoms with van der Waals surface area (Å²) < 4.78 is 34.3. The number of nitrogens with zero attached hydrogens (tertiary/aromatic N) is 2. The minimum absolute atomic E-state index is 0.0775. The first-order chi connectivity index (χ1) is 8.90. The molecule has 1 rings (SSSR count). The molecule has 0 N–H and O–H groups in total. The van der Waals surface area contributed by atoms with Gasteiger partial charge in [0.15, 0.2) is 0 Å². The normalized spacial score (nSPS) is 10.4. The van der Waals surface area contributed by atoms with Gasteiger partial charge in [-0.15, -0.1) is 0 Å². The number of rotatable bonds is 5. The monoisotopic (exact) mass is 276 g/mol. The highest BCUT2D eigenvalue weighted by molar-refractivity contribution is 5.74. The largest absolute Gasteiger partial charge is 0.489 e. The van der Waals surface area contributed by atoms with Crippen LogP contribution >= 0.6 is 0 Å². The lowest BCUT2D eigenvalue weighted by Crippen LogP contribution is -2.09. The molecule has 104 valence electrons. The Morgan fingerprint density at radius 2 is 2.16 bits per heavy atom. The summed E-state index contributed by atoms with van der Waals surface area (Å²) in [6.07, 6.45) is -3.43. The summed E-state index contributed by atoms with van der Waals surface area (Å²) in [5, 5.41) is 10.8. The molecule has 0 fully saturated rings. The summed E-state index contributed by atoms with van der Waals surface area (Å²) in [5.41, 5.74) is -0.877. The highest BCUT2D eigenvalue weighted by Gasteiger charge is 2.28. The average molecular weight is 276 g/mol. The fraction of sp³-hybridized carbons (Fsp3) is 0.400. The number of halogens is 2. The van der Waals surface area contributed by atoms with Crippen LogP contribution in [0.3, 0.4) is 0 Å². The van der Waals surface area contributed by atoms with Crippen LogP contribution in [0.25, 0.3) is 0 Å². The number of pyridine rings is 1. The molecule has 0 aliphatic carbocycles. The highest BCUT2D eigenvalue weighted by Crippen LogP contribution is 2.32. The van der Waals surface area contributed by atoms with E-state index in [0.29, 0.717) is 0 Å².